The van der Waals surface area contributed by atoms with Gasteiger partial charge in [0.2, 0.25) is 5.91 Å². The minimum atomic E-state index is -0.508. The Hall–Kier alpha value is -3.78. The van der Waals surface area contributed by atoms with Gasteiger partial charge in [-0.25, -0.2) is 0 Å². The average Bonchev–Trinajstić information content (AvgIpc) is 3.41. The van der Waals surface area contributed by atoms with Crippen molar-refractivity contribution in [3.8, 4) is 22.9 Å². The zero-order valence-electron chi connectivity index (χ0n) is 23.5. The van der Waals surface area contributed by atoms with E-state index in [0.717, 1.165) is 64.6 Å². The highest BCUT2D eigenvalue weighted by atomic mass is 32.2. The van der Waals surface area contributed by atoms with Crippen LogP contribution in [-0.4, -0.2) is 34.9 Å². The maximum Gasteiger partial charge on any atom is 0.242 e. The molecule has 1 aliphatic rings. The number of hydrogen-bond donors (Lipinski definition) is 1. The second-order valence-corrected chi connectivity index (χ2v) is 11.3. The molecule has 0 saturated heterocycles. The van der Waals surface area contributed by atoms with Crippen LogP contribution in [0.1, 0.15) is 60.1 Å². The van der Waals surface area contributed by atoms with E-state index in [9.17, 15) is 4.79 Å². The number of rotatable bonds is 9. The second kappa shape index (κ2) is 12.6. The Labute approximate surface area is 240 Å². The summed E-state index contributed by atoms with van der Waals surface area (Å²) < 4.78 is 13.3. The van der Waals surface area contributed by atoms with Gasteiger partial charge in [0.05, 0.1) is 14.2 Å². The van der Waals surface area contributed by atoms with Gasteiger partial charge in [0.25, 0.3) is 0 Å². The van der Waals surface area contributed by atoms with Gasteiger partial charge in [-0.05, 0) is 67.6 Å². The molecular formula is C32H36N4O3S. The zero-order chi connectivity index (χ0) is 28.1. The number of carbonyl (C=O) groups excluding carboxylic acids is 1. The van der Waals surface area contributed by atoms with Crippen LogP contribution in [0.4, 0.5) is 5.69 Å². The van der Waals surface area contributed by atoms with E-state index in [1.54, 1.807) is 14.2 Å². The van der Waals surface area contributed by atoms with E-state index < -0.39 is 5.25 Å². The number of ether oxygens (including phenoxy) is 2. The summed E-state index contributed by atoms with van der Waals surface area (Å²) >= 11 is 1.45. The van der Waals surface area contributed by atoms with Gasteiger partial charge in [0.1, 0.15) is 5.25 Å². The summed E-state index contributed by atoms with van der Waals surface area (Å²) in [4.78, 5) is 13.9. The smallest absolute Gasteiger partial charge is 0.242 e. The lowest BCUT2D eigenvalue weighted by molar-refractivity contribution is -0.115. The molecule has 1 atom stereocenters. The SMILES string of the molecule is COc1ccc(-c2nnc(S[C@@H](C(=O)Nc3cc(C)ccc3C)c3ccccc3)n2C2CCCCC2)cc1OC. The number of nitrogens with one attached hydrogen (secondary N) is 1. The van der Waals surface area contributed by atoms with Crippen LogP contribution in [-0.2, 0) is 4.79 Å². The zero-order valence-corrected chi connectivity index (χ0v) is 24.3. The number of carbonyl (C=O) groups is 1. The van der Waals surface area contributed by atoms with Crippen LogP contribution in [0.3, 0.4) is 0 Å². The number of thioether (sulfide) groups is 1. The van der Waals surface area contributed by atoms with Crippen molar-refractivity contribution in [3.63, 3.8) is 0 Å². The molecule has 5 rings (SSSR count). The fourth-order valence-electron chi connectivity index (χ4n) is 5.27. The highest BCUT2D eigenvalue weighted by molar-refractivity contribution is 8.00. The molecule has 1 amide bonds. The Bertz CT molecular complexity index is 1460. The van der Waals surface area contributed by atoms with E-state index >= 15 is 0 Å². The molecule has 1 aliphatic carbocycles. The molecule has 1 fully saturated rings. The van der Waals surface area contributed by atoms with E-state index in [4.69, 9.17) is 9.47 Å². The molecule has 208 valence electrons. The van der Waals surface area contributed by atoms with Crippen molar-refractivity contribution >= 4 is 23.4 Å². The molecule has 0 aliphatic heterocycles. The highest BCUT2D eigenvalue weighted by Crippen LogP contribution is 2.42. The minimum absolute atomic E-state index is 0.0873. The van der Waals surface area contributed by atoms with E-state index in [1.165, 1.54) is 18.2 Å². The monoisotopic (exact) mass is 556 g/mol. The first-order chi connectivity index (χ1) is 19.5. The Morgan fingerprint density at radius 1 is 0.925 bits per heavy atom. The predicted octanol–water partition coefficient (Wildman–Crippen LogP) is 7.56. The van der Waals surface area contributed by atoms with Crippen molar-refractivity contribution in [2.45, 2.75) is 62.4 Å². The summed E-state index contributed by atoms with van der Waals surface area (Å²) in [6, 6.07) is 22.1. The Morgan fingerprint density at radius 3 is 2.40 bits per heavy atom. The second-order valence-electron chi connectivity index (χ2n) is 10.3. The Morgan fingerprint density at radius 2 is 1.68 bits per heavy atom. The van der Waals surface area contributed by atoms with Gasteiger partial charge in [-0.3, -0.25) is 9.36 Å². The van der Waals surface area contributed by atoms with Crippen molar-refractivity contribution in [3.05, 3.63) is 83.4 Å². The fourth-order valence-corrected chi connectivity index (χ4v) is 6.38. The molecule has 7 nitrogen and oxygen atoms in total. The third-order valence-corrected chi connectivity index (χ3v) is 8.67. The summed E-state index contributed by atoms with van der Waals surface area (Å²) in [7, 11) is 3.26. The summed E-state index contributed by atoms with van der Waals surface area (Å²) in [5, 5.41) is 12.8. The van der Waals surface area contributed by atoms with Gasteiger partial charge in [-0.2, -0.15) is 0 Å². The number of hydrogen-bond acceptors (Lipinski definition) is 6. The molecule has 40 heavy (non-hydrogen) atoms. The molecule has 1 saturated carbocycles. The van der Waals surface area contributed by atoms with Gasteiger partial charge >= 0.3 is 0 Å². The molecule has 1 aromatic heterocycles. The highest BCUT2D eigenvalue weighted by Gasteiger charge is 2.30. The van der Waals surface area contributed by atoms with E-state index in [1.807, 2.05) is 74.5 Å². The first-order valence-electron chi connectivity index (χ1n) is 13.8. The van der Waals surface area contributed by atoms with Gasteiger partial charge in [0.15, 0.2) is 22.5 Å². The normalized spacial score (nSPS) is 14.5. The van der Waals surface area contributed by atoms with Crippen LogP contribution in [0.5, 0.6) is 11.5 Å². The molecule has 4 aromatic rings. The third-order valence-electron chi connectivity index (χ3n) is 7.46. The van der Waals surface area contributed by atoms with Crippen molar-refractivity contribution in [1.82, 2.24) is 14.8 Å². The van der Waals surface area contributed by atoms with Gasteiger partial charge in [-0.1, -0.05) is 73.5 Å². The van der Waals surface area contributed by atoms with Crippen LogP contribution >= 0.6 is 11.8 Å². The largest absolute Gasteiger partial charge is 0.493 e. The summed E-state index contributed by atoms with van der Waals surface area (Å²) in [5.41, 5.74) is 4.77. The van der Waals surface area contributed by atoms with E-state index in [0.29, 0.717) is 11.5 Å². The van der Waals surface area contributed by atoms with Crippen molar-refractivity contribution in [2.75, 3.05) is 19.5 Å². The van der Waals surface area contributed by atoms with E-state index in [-0.39, 0.29) is 11.9 Å². The van der Waals surface area contributed by atoms with Gasteiger partial charge < -0.3 is 14.8 Å². The minimum Gasteiger partial charge on any atom is -0.493 e. The molecule has 0 spiro atoms. The maximum atomic E-state index is 13.9. The van der Waals surface area contributed by atoms with Crippen LogP contribution in [0.2, 0.25) is 0 Å². The van der Waals surface area contributed by atoms with Crippen LogP contribution in [0.25, 0.3) is 11.4 Å². The van der Waals surface area contributed by atoms with E-state index in [2.05, 4.69) is 26.1 Å². The molecule has 1 N–H and O–H groups in total. The van der Waals surface area contributed by atoms with Gasteiger partial charge in [0, 0.05) is 17.3 Å². The molecule has 0 radical (unpaired) electrons. The summed E-state index contributed by atoms with van der Waals surface area (Å²) in [6.07, 6.45) is 5.66. The molecule has 8 heteroatoms. The fraction of sp³-hybridized carbons (Fsp3) is 0.344. The molecule has 0 bridgehead atoms. The first kappa shape index (κ1) is 27.8. The van der Waals surface area contributed by atoms with Crippen LogP contribution in [0, 0.1) is 13.8 Å². The standard InChI is InChI=1S/C32H36N4O3S/c1-21-15-16-22(2)26(19-21)33-31(37)29(23-11-7-5-8-12-23)40-32-35-34-30(36(32)25-13-9-6-10-14-25)24-17-18-27(38-3)28(20-24)39-4/h5,7-8,11-12,15-20,25,29H,6,9-10,13-14H2,1-4H3,(H,33,37)/t29-/m1/s1. The van der Waals surface area contributed by atoms with Crippen LogP contribution < -0.4 is 14.8 Å². The summed E-state index contributed by atoms with van der Waals surface area (Å²) in [5.74, 6) is 1.99. The molecule has 3 aromatic carbocycles. The number of nitrogens with zero attached hydrogens (tertiary/aromatic N) is 3. The lowest BCUT2D eigenvalue weighted by atomic mass is 9.95. The maximum absolute atomic E-state index is 13.9. The number of aromatic nitrogens is 3. The summed E-state index contributed by atoms with van der Waals surface area (Å²) in [6.45, 7) is 4.04. The topological polar surface area (TPSA) is 78.3 Å². The predicted molar refractivity (Wildman–Crippen MR) is 160 cm³/mol. The molecule has 0 unspecified atom stereocenters. The van der Waals surface area contributed by atoms with Crippen LogP contribution in [0.15, 0.2) is 71.9 Å². The first-order valence-corrected chi connectivity index (χ1v) is 14.6. The number of benzene rings is 3. The lowest BCUT2D eigenvalue weighted by Gasteiger charge is -2.26. The van der Waals surface area contributed by atoms with Crippen molar-refractivity contribution < 1.29 is 14.3 Å². The Balaban J connectivity index is 1.55. The van der Waals surface area contributed by atoms with Gasteiger partial charge in [-0.15, -0.1) is 10.2 Å². The Kier molecular flexibility index (Phi) is 8.75. The molecule has 1 heterocycles. The number of amides is 1. The third kappa shape index (κ3) is 6.02. The average molecular weight is 557 g/mol. The number of methoxy groups -OCH3 is 2. The van der Waals surface area contributed by atoms with Crippen molar-refractivity contribution in [2.24, 2.45) is 0 Å². The molecular weight excluding hydrogens is 520 g/mol. The lowest BCUT2D eigenvalue weighted by Crippen LogP contribution is -2.21. The number of anilines is 1. The number of aryl methyl sites for hydroxylation is 2. The quantitative estimate of drug-likeness (QED) is 0.214. The van der Waals surface area contributed by atoms with Crippen molar-refractivity contribution in [1.29, 1.82) is 0 Å².